The summed E-state index contributed by atoms with van der Waals surface area (Å²) in [4.78, 5) is 13.4. The lowest BCUT2D eigenvalue weighted by Gasteiger charge is -2.62. The Labute approximate surface area is 79.3 Å². The number of hydrogen-bond donors (Lipinski definition) is 0. The Morgan fingerprint density at radius 2 is 2.08 bits per heavy atom. The number of hydrogen-bond acceptors (Lipinski definition) is 1. The number of carbonyl (C=O) groups is 1. The minimum Gasteiger partial charge on any atom is -0.338 e. The first kappa shape index (κ1) is 7.84. The van der Waals surface area contributed by atoms with Crippen molar-refractivity contribution in [1.29, 1.82) is 0 Å². The van der Waals surface area contributed by atoms with Gasteiger partial charge in [-0.15, -0.1) is 0 Å². The van der Waals surface area contributed by atoms with Crippen molar-refractivity contribution in [1.82, 2.24) is 4.90 Å². The van der Waals surface area contributed by atoms with Gasteiger partial charge in [0, 0.05) is 24.9 Å². The van der Waals surface area contributed by atoms with E-state index in [1.165, 1.54) is 32.1 Å². The highest BCUT2D eigenvalue weighted by Gasteiger charge is 2.60. The molecule has 2 heteroatoms. The molecule has 1 heterocycles. The smallest absolute Gasteiger partial charge is 0.219 e. The standard InChI is InChI=1S/C11H17NO/c1-8(13)12-7-11(5-2-6-11)10(12)9-3-4-9/h9-10H,2-7H2,1H3. The van der Waals surface area contributed by atoms with E-state index >= 15 is 0 Å². The zero-order chi connectivity index (χ0) is 9.05. The minimum atomic E-state index is 0.300. The van der Waals surface area contributed by atoms with Crippen molar-refractivity contribution in [2.45, 2.75) is 45.1 Å². The molecule has 2 saturated carbocycles. The van der Waals surface area contributed by atoms with E-state index in [0.717, 1.165) is 12.5 Å². The molecule has 0 radical (unpaired) electrons. The Balaban J connectivity index is 1.77. The third-order valence-corrected chi connectivity index (χ3v) is 4.27. The van der Waals surface area contributed by atoms with Crippen LogP contribution in [0.25, 0.3) is 0 Å². The summed E-state index contributed by atoms with van der Waals surface area (Å²) in [6.45, 7) is 2.80. The minimum absolute atomic E-state index is 0.300. The predicted octanol–water partition coefficient (Wildman–Crippen LogP) is 1.80. The summed E-state index contributed by atoms with van der Waals surface area (Å²) in [6, 6.07) is 0.652. The maximum Gasteiger partial charge on any atom is 0.219 e. The molecule has 0 aromatic heterocycles. The van der Waals surface area contributed by atoms with Crippen molar-refractivity contribution in [3.63, 3.8) is 0 Å². The van der Waals surface area contributed by atoms with E-state index in [1.807, 2.05) is 0 Å². The van der Waals surface area contributed by atoms with Crippen LogP contribution in [0.15, 0.2) is 0 Å². The van der Waals surface area contributed by atoms with Gasteiger partial charge in [0.1, 0.15) is 0 Å². The maximum atomic E-state index is 11.3. The summed E-state index contributed by atoms with van der Waals surface area (Å²) < 4.78 is 0. The van der Waals surface area contributed by atoms with Crippen LogP contribution in [0.4, 0.5) is 0 Å². The Morgan fingerprint density at radius 3 is 2.46 bits per heavy atom. The van der Waals surface area contributed by atoms with E-state index in [1.54, 1.807) is 6.92 Å². The molecule has 2 aliphatic carbocycles. The molecule has 0 N–H and O–H groups in total. The molecule has 72 valence electrons. The van der Waals surface area contributed by atoms with Gasteiger partial charge in [0.15, 0.2) is 0 Å². The molecule has 1 saturated heterocycles. The first-order valence-corrected chi connectivity index (χ1v) is 5.50. The highest BCUT2D eigenvalue weighted by Crippen LogP contribution is 2.59. The summed E-state index contributed by atoms with van der Waals surface area (Å²) in [6.07, 6.45) is 6.91. The number of amides is 1. The zero-order valence-electron chi connectivity index (χ0n) is 8.25. The first-order valence-electron chi connectivity index (χ1n) is 5.50. The molecule has 1 aliphatic heterocycles. The molecule has 13 heavy (non-hydrogen) atoms. The fraction of sp³-hybridized carbons (Fsp3) is 0.909. The molecule has 2 nitrogen and oxygen atoms in total. The zero-order valence-corrected chi connectivity index (χ0v) is 8.25. The Hall–Kier alpha value is -0.530. The summed E-state index contributed by atoms with van der Waals surface area (Å²) in [5, 5.41) is 0. The van der Waals surface area contributed by atoms with Crippen molar-refractivity contribution < 1.29 is 4.79 Å². The van der Waals surface area contributed by atoms with Gasteiger partial charge in [-0.2, -0.15) is 0 Å². The first-order chi connectivity index (χ1) is 6.23. The van der Waals surface area contributed by atoms with Crippen molar-refractivity contribution in [3.8, 4) is 0 Å². The van der Waals surface area contributed by atoms with Gasteiger partial charge in [-0.05, 0) is 31.6 Å². The molecule has 1 amide bonds. The summed E-state index contributed by atoms with van der Waals surface area (Å²) in [5.41, 5.74) is 0.604. The summed E-state index contributed by atoms with van der Waals surface area (Å²) in [5.74, 6) is 1.17. The second-order valence-corrected chi connectivity index (χ2v) is 5.15. The Bertz CT molecular complexity index is 253. The van der Waals surface area contributed by atoms with Gasteiger partial charge in [0.25, 0.3) is 0 Å². The highest BCUT2D eigenvalue weighted by atomic mass is 16.2. The van der Waals surface area contributed by atoms with Crippen LogP contribution in [0.5, 0.6) is 0 Å². The molecular weight excluding hydrogens is 162 g/mol. The van der Waals surface area contributed by atoms with E-state index in [4.69, 9.17) is 0 Å². The Kier molecular flexibility index (Phi) is 1.38. The van der Waals surface area contributed by atoms with Crippen LogP contribution in [0.3, 0.4) is 0 Å². The van der Waals surface area contributed by atoms with Gasteiger partial charge >= 0.3 is 0 Å². The third kappa shape index (κ3) is 0.918. The quantitative estimate of drug-likeness (QED) is 0.601. The van der Waals surface area contributed by atoms with Gasteiger partial charge < -0.3 is 4.90 Å². The molecule has 3 aliphatic rings. The van der Waals surface area contributed by atoms with Crippen LogP contribution in [-0.2, 0) is 4.79 Å². The maximum absolute atomic E-state index is 11.3. The van der Waals surface area contributed by atoms with E-state index < -0.39 is 0 Å². The van der Waals surface area contributed by atoms with Crippen LogP contribution in [-0.4, -0.2) is 23.4 Å². The fourth-order valence-electron chi connectivity index (χ4n) is 3.31. The molecular formula is C11H17NO. The largest absolute Gasteiger partial charge is 0.338 e. The SMILES string of the molecule is CC(=O)N1CC2(CCC2)C1C1CC1. The van der Waals surface area contributed by atoms with Crippen LogP contribution >= 0.6 is 0 Å². The number of nitrogens with zero attached hydrogens (tertiary/aromatic N) is 1. The second kappa shape index (κ2) is 2.28. The molecule has 3 rings (SSSR count). The van der Waals surface area contributed by atoms with Gasteiger partial charge in [0.2, 0.25) is 5.91 Å². The van der Waals surface area contributed by atoms with E-state index in [9.17, 15) is 4.79 Å². The normalized spacial score (nSPS) is 35.5. The van der Waals surface area contributed by atoms with Gasteiger partial charge in [-0.1, -0.05) is 6.42 Å². The fourth-order valence-corrected chi connectivity index (χ4v) is 3.31. The molecule has 0 aromatic carbocycles. The summed E-state index contributed by atoms with van der Waals surface area (Å²) >= 11 is 0. The van der Waals surface area contributed by atoms with Crippen LogP contribution in [0.1, 0.15) is 39.0 Å². The third-order valence-electron chi connectivity index (χ3n) is 4.27. The van der Waals surface area contributed by atoms with Crippen molar-refractivity contribution >= 4 is 5.91 Å². The molecule has 0 bridgehead atoms. The lowest BCUT2D eigenvalue weighted by molar-refractivity contribution is -0.168. The predicted molar refractivity (Wildman–Crippen MR) is 50.2 cm³/mol. The highest BCUT2D eigenvalue weighted by molar-refractivity contribution is 5.75. The molecule has 1 unspecified atom stereocenters. The average Bonchev–Trinajstić information content (AvgIpc) is 2.64. The van der Waals surface area contributed by atoms with Crippen LogP contribution in [0.2, 0.25) is 0 Å². The van der Waals surface area contributed by atoms with Crippen molar-refractivity contribution in [3.05, 3.63) is 0 Å². The second-order valence-electron chi connectivity index (χ2n) is 5.15. The van der Waals surface area contributed by atoms with Gasteiger partial charge in [0.05, 0.1) is 0 Å². The van der Waals surface area contributed by atoms with E-state index in [-0.39, 0.29) is 0 Å². The monoisotopic (exact) mass is 179 g/mol. The topological polar surface area (TPSA) is 20.3 Å². The summed E-state index contributed by atoms with van der Waals surface area (Å²) in [7, 11) is 0. The number of carbonyl (C=O) groups excluding carboxylic acids is 1. The molecule has 0 aromatic rings. The lowest BCUT2D eigenvalue weighted by atomic mass is 9.57. The molecule has 3 fully saturated rings. The van der Waals surface area contributed by atoms with Crippen LogP contribution < -0.4 is 0 Å². The van der Waals surface area contributed by atoms with E-state index in [2.05, 4.69) is 4.90 Å². The lowest BCUT2D eigenvalue weighted by Crippen LogP contribution is -2.69. The number of likely N-dealkylation sites (tertiary alicyclic amines) is 1. The van der Waals surface area contributed by atoms with Gasteiger partial charge in [-0.3, -0.25) is 4.79 Å². The van der Waals surface area contributed by atoms with Crippen molar-refractivity contribution in [2.24, 2.45) is 11.3 Å². The Morgan fingerprint density at radius 1 is 1.38 bits per heavy atom. The molecule has 1 spiro atoms. The van der Waals surface area contributed by atoms with Gasteiger partial charge in [-0.25, -0.2) is 0 Å². The van der Waals surface area contributed by atoms with E-state index in [0.29, 0.717) is 17.4 Å². The number of rotatable bonds is 1. The van der Waals surface area contributed by atoms with Crippen molar-refractivity contribution in [2.75, 3.05) is 6.54 Å². The van der Waals surface area contributed by atoms with Crippen LogP contribution in [0, 0.1) is 11.3 Å². The molecule has 1 atom stereocenters. The average molecular weight is 179 g/mol.